The van der Waals surface area contributed by atoms with Crippen LogP contribution >= 0.6 is 36.2 Å². The van der Waals surface area contributed by atoms with Crippen LogP contribution < -0.4 is 5.32 Å². The zero-order valence-electron chi connectivity index (χ0n) is 36.9. The van der Waals surface area contributed by atoms with Crippen molar-refractivity contribution in [1.29, 1.82) is 0 Å². The topological polar surface area (TPSA) is 12.0 Å². The van der Waals surface area contributed by atoms with Crippen LogP contribution in [0.4, 0.5) is 0 Å². The zero-order valence-corrected chi connectivity index (χ0v) is 39.3. The second-order valence-electron chi connectivity index (χ2n) is 17.0. The molecule has 1 nitrogen and oxygen atoms in total. The van der Waals surface area contributed by atoms with Crippen LogP contribution in [0.3, 0.4) is 0 Å². The highest BCUT2D eigenvalue weighted by Crippen LogP contribution is 2.29. The molecule has 4 heteroatoms. The molecule has 0 saturated carbocycles. The maximum absolute atomic E-state index is 6.09. The molecule has 2 unspecified atom stereocenters. The van der Waals surface area contributed by atoms with E-state index in [1.54, 1.807) is 0 Å². The van der Waals surface area contributed by atoms with Gasteiger partial charge in [0.05, 0.1) is 4.99 Å². The molecule has 0 aromatic rings. The Labute approximate surface area is 351 Å². The third kappa shape index (κ3) is 41.8. The Hall–Kier alpha value is 0.330. The molecule has 0 radical (unpaired) electrons. The monoisotopic (exact) mass is 796 g/mol. The Kier molecular flexibility index (Phi) is 45.3. The number of hydrogen-bond acceptors (Lipinski definition) is 3. The summed E-state index contributed by atoms with van der Waals surface area (Å²) in [6.07, 6.45) is 57.3. The maximum atomic E-state index is 6.09. The van der Waals surface area contributed by atoms with Gasteiger partial charge in [0.1, 0.15) is 0 Å². The van der Waals surface area contributed by atoms with Gasteiger partial charge in [-0.15, -0.1) is 11.8 Å². The summed E-state index contributed by atoms with van der Waals surface area (Å²) in [5, 5.41) is 4.35. The van der Waals surface area contributed by atoms with Gasteiger partial charge in [-0.2, -0.15) is 0 Å². The average Bonchev–Trinajstić information content (AvgIpc) is 3.14. The van der Waals surface area contributed by atoms with Crippen LogP contribution in [-0.2, 0) is 0 Å². The van der Waals surface area contributed by atoms with Crippen molar-refractivity contribution in [1.82, 2.24) is 5.32 Å². The molecule has 0 amide bonds. The number of unbranched alkanes of at least 4 members (excludes halogenated alkanes) is 35. The Morgan fingerprint density at radius 2 is 0.642 bits per heavy atom. The normalized spacial score (nSPS) is 12.7. The van der Waals surface area contributed by atoms with Crippen LogP contribution in [0.2, 0.25) is 0 Å². The van der Waals surface area contributed by atoms with E-state index in [1.807, 2.05) is 0 Å². The molecule has 0 aromatic heterocycles. The van der Waals surface area contributed by atoms with Crippen molar-refractivity contribution in [3.8, 4) is 0 Å². The molecule has 53 heavy (non-hydrogen) atoms. The lowest BCUT2D eigenvalue weighted by molar-refractivity contribution is 0.464. The second-order valence-corrected chi connectivity index (χ2v) is 19.7. The minimum Gasteiger partial charge on any atom is -0.376 e. The Bertz CT molecular complexity index is 739. The van der Waals surface area contributed by atoms with Crippen LogP contribution in [-0.4, -0.2) is 20.5 Å². The van der Waals surface area contributed by atoms with Crippen LogP contribution in [0.15, 0.2) is 0 Å². The van der Waals surface area contributed by atoms with Crippen LogP contribution in [0, 0.1) is 0 Å². The molecule has 316 valence electrons. The van der Waals surface area contributed by atoms with Gasteiger partial charge in [0, 0.05) is 15.5 Å². The van der Waals surface area contributed by atoms with Crippen LogP contribution in [0.25, 0.3) is 0 Å². The molecule has 0 rings (SSSR count). The lowest BCUT2D eigenvalue weighted by atomic mass is 9.99. The summed E-state index contributed by atoms with van der Waals surface area (Å²) < 4.78 is 1.26. The summed E-state index contributed by atoms with van der Waals surface area (Å²) in [5.74, 6) is 0. The van der Waals surface area contributed by atoms with E-state index in [-0.39, 0.29) is 0 Å². The predicted molar refractivity (Wildman–Crippen MR) is 255 cm³/mol. The van der Waals surface area contributed by atoms with Gasteiger partial charge in [-0.25, -0.2) is 0 Å². The Morgan fingerprint density at radius 3 is 0.943 bits per heavy atom. The molecular formula is C49H97NS3. The van der Waals surface area contributed by atoms with E-state index < -0.39 is 0 Å². The standard InChI is InChI=1S/C49H97NS3/c1-5-8-11-14-17-20-23-26-29-32-35-38-41-44-48(53-49(52)45-42-39-36-33-30-27-24-21-18-15-12-9-6-2)47(50-46(4)51)43-40-37-34-31-28-25-22-19-16-13-10-7-3/h47-48H,5-45H2,1-4H3,(H,50,51). The Balaban J connectivity index is 4.56. The van der Waals surface area contributed by atoms with E-state index in [4.69, 9.17) is 24.4 Å². The molecule has 0 aromatic carbocycles. The minimum atomic E-state index is 0.461. The number of thiocarbonyl (C=S) groups is 2. The fourth-order valence-electron chi connectivity index (χ4n) is 8.04. The van der Waals surface area contributed by atoms with E-state index in [0.29, 0.717) is 11.3 Å². The van der Waals surface area contributed by atoms with E-state index in [1.165, 1.54) is 261 Å². The van der Waals surface area contributed by atoms with Gasteiger partial charge in [0.25, 0.3) is 0 Å². The highest BCUT2D eigenvalue weighted by molar-refractivity contribution is 8.23. The van der Waals surface area contributed by atoms with Gasteiger partial charge in [0.2, 0.25) is 0 Å². The van der Waals surface area contributed by atoms with Crippen molar-refractivity contribution >= 4 is 45.4 Å². The van der Waals surface area contributed by atoms with E-state index in [9.17, 15) is 0 Å². The molecule has 0 fully saturated rings. The number of rotatable bonds is 44. The first kappa shape index (κ1) is 53.3. The summed E-state index contributed by atoms with van der Waals surface area (Å²) in [6.45, 7) is 9.02. The molecule has 0 spiro atoms. The molecule has 1 N–H and O–H groups in total. The number of nitrogens with one attached hydrogen (secondary N) is 1. The van der Waals surface area contributed by atoms with Crippen molar-refractivity contribution in [2.45, 2.75) is 302 Å². The minimum absolute atomic E-state index is 0.461. The summed E-state index contributed by atoms with van der Waals surface area (Å²) in [6, 6.07) is 0.461. The van der Waals surface area contributed by atoms with Gasteiger partial charge in [0.15, 0.2) is 0 Å². The summed E-state index contributed by atoms with van der Waals surface area (Å²) in [7, 11) is 0. The first-order chi connectivity index (χ1) is 26.0. The van der Waals surface area contributed by atoms with Gasteiger partial charge in [-0.1, -0.05) is 283 Å². The van der Waals surface area contributed by atoms with Gasteiger partial charge >= 0.3 is 0 Å². The highest BCUT2D eigenvalue weighted by Gasteiger charge is 2.23. The second kappa shape index (κ2) is 45.0. The van der Waals surface area contributed by atoms with E-state index in [2.05, 4.69) is 44.8 Å². The average molecular weight is 797 g/mol. The third-order valence-corrected chi connectivity index (χ3v) is 13.5. The van der Waals surface area contributed by atoms with Crippen molar-refractivity contribution in [3.05, 3.63) is 0 Å². The quantitative estimate of drug-likeness (QED) is 0.0487. The first-order valence-corrected chi connectivity index (χ1v) is 26.2. The van der Waals surface area contributed by atoms with Gasteiger partial charge in [-0.3, -0.25) is 0 Å². The molecule has 2 atom stereocenters. The number of hydrogen-bond donors (Lipinski definition) is 1. The smallest absolute Gasteiger partial charge is 0.0724 e. The molecular weight excluding hydrogens is 699 g/mol. The van der Waals surface area contributed by atoms with Crippen molar-refractivity contribution in [3.63, 3.8) is 0 Å². The largest absolute Gasteiger partial charge is 0.376 e. The molecule has 0 aliphatic rings. The number of thioether (sulfide) groups is 1. The van der Waals surface area contributed by atoms with Gasteiger partial charge < -0.3 is 5.32 Å². The van der Waals surface area contributed by atoms with Gasteiger partial charge in [-0.05, 0) is 32.6 Å². The predicted octanol–water partition coefficient (Wildman–Crippen LogP) is 18.8. The highest BCUT2D eigenvalue weighted by atomic mass is 32.2. The first-order valence-electron chi connectivity index (χ1n) is 24.5. The van der Waals surface area contributed by atoms with Crippen molar-refractivity contribution in [2.75, 3.05) is 0 Å². The van der Waals surface area contributed by atoms with Crippen LogP contribution in [0.5, 0.6) is 0 Å². The molecule has 0 aliphatic heterocycles. The third-order valence-electron chi connectivity index (χ3n) is 11.6. The van der Waals surface area contributed by atoms with E-state index >= 15 is 0 Å². The Morgan fingerprint density at radius 1 is 0.377 bits per heavy atom. The molecule has 0 heterocycles. The molecule has 0 aliphatic carbocycles. The van der Waals surface area contributed by atoms with Crippen LogP contribution in [0.1, 0.15) is 291 Å². The fraction of sp³-hybridized carbons (Fsp3) is 0.959. The van der Waals surface area contributed by atoms with Crippen molar-refractivity contribution < 1.29 is 0 Å². The fourth-order valence-corrected chi connectivity index (χ4v) is 9.96. The summed E-state index contributed by atoms with van der Waals surface area (Å²) in [4.78, 5) is 0.965. The SMILES string of the molecule is CCCCCCCCCCCCCCCC(=S)SC(CCCCCCCCCCCCCCC)C(CCCCCCCCCCCCCC)NC(C)=S. The summed E-state index contributed by atoms with van der Waals surface area (Å²) in [5.41, 5.74) is 0. The zero-order chi connectivity index (χ0) is 38.7. The summed E-state index contributed by atoms with van der Waals surface area (Å²) >= 11 is 13.8. The lowest BCUT2D eigenvalue weighted by Crippen LogP contribution is -2.40. The molecule has 0 bridgehead atoms. The van der Waals surface area contributed by atoms with E-state index in [0.717, 1.165) is 11.4 Å². The van der Waals surface area contributed by atoms with Crippen molar-refractivity contribution in [2.24, 2.45) is 0 Å². The maximum Gasteiger partial charge on any atom is 0.0724 e. The molecule has 0 saturated heterocycles. The lowest BCUT2D eigenvalue weighted by Gasteiger charge is -2.29.